The number of carbonyl (C=O) groups is 1. The molecule has 2 aromatic carbocycles. The van der Waals surface area contributed by atoms with Gasteiger partial charge in [0.1, 0.15) is 23.7 Å². The highest BCUT2D eigenvalue weighted by Gasteiger charge is 2.33. The molecule has 2 saturated heterocycles. The van der Waals surface area contributed by atoms with Gasteiger partial charge in [-0.1, -0.05) is 38.5 Å². The van der Waals surface area contributed by atoms with Crippen LogP contribution in [-0.2, 0) is 0 Å². The Morgan fingerprint density at radius 1 is 0.476 bits per heavy atom. The summed E-state index contributed by atoms with van der Waals surface area (Å²) in [6.45, 7) is 4.84. The summed E-state index contributed by atoms with van der Waals surface area (Å²) in [5.41, 5.74) is 1.41. The van der Waals surface area contributed by atoms with E-state index in [0.29, 0.717) is 23.2 Å². The third kappa shape index (κ3) is 7.58. The van der Waals surface area contributed by atoms with E-state index < -0.39 is 0 Å². The molecule has 0 amide bonds. The van der Waals surface area contributed by atoms with Crippen LogP contribution >= 0.6 is 0 Å². The predicted molar refractivity (Wildman–Crippen MR) is 170 cm³/mol. The van der Waals surface area contributed by atoms with Crippen molar-refractivity contribution in [2.45, 2.75) is 127 Å². The molecule has 5 heteroatoms. The minimum atomic E-state index is 0.0494. The molecule has 5 nitrogen and oxygen atoms in total. The second-order valence-corrected chi connectivity index (χ2v) is 13.3. The maximum absolute atomic E-state index is 13.3. The van der Waals surface area contributed by atoms with Crippen molar-refractivity contribution in [3.05, 3.63) is 59.7 Å². The average Bonchev–Trinajstić information content (AvgIpc) is 3.48. The lowest BCUT2D eigenvalue weighted by atomic mass is 9.90. The number of ketones is 1. The van der Waals surface area contributed by atoms with Crippen LogP contribution in [0.2, 0.25) is 0 Å². The van der Waals surface area contributed by atoms with E-state index in [2.05, 4.69) is 9.80 Å². The van der Waals surface area contributed by atoms with Crippen molar-refractivity contribution in [2.75, 3.05) is 26.2 Å². The van der Waals surface area contributed by atoms with Crippen LogP contribution in [-0.4, -0.2) is 66.1 Å². The highest BCUT2D eigenvalue weighted by atomic mass is 16.5. The predicted octanol–water partition coefficient (Wildman–Crippen LogP) is 8.05. The second-order valence-electron chi connectivity index (χ2n) is 13.3. The molecular formula is C37H52N2O3. The number of benzene rings is 2. The summed E-state index contributed by atoms with van der Waals surface area (Å²) in [5, 5.41) is 0. The summed E-state index contributed by atoms with van der Waals surface area (Å²) in [6, 6.07) is 16.7. The summed E-state index contributed by atoms with van der Waals surface area (Å²) >= 11 is 0. The van der Waals surface area contributed by atoms with E-state index in [1.807, 2.05) is 48.5 Å². The molecule has 2 saturated carbocycles. The normalized spacial score (nSPS) is 28.4. The zero-order valence-corrected chi connectivity index (χ0v) is 25.7. The standard InChI is InChI=1S/C37H52N2O3/c40-37(29-17-21-31(22-18-29)41-35-15-7-5-13-33(35)38-25-9-1-2-10-26-38)30-19-23-32(24-20-30)42-36-16-8-6-14-34(36)39-27-11-3-4-12-28-39/h17-24,33-36H,1-16,25-28H2. The number of carbonyl (C=O) groups excluding carboxylic acids is 1. The fraction of sp³-hybridized carbons (Fsp3) is 0.649. The van der Waals surface area contributed by atoms with Gasteiger partial charge >= 0.3 is 0 Å². The van der Waals surface area contributed by atoms with Crippen LogP contribution in [0.15, 0.2) is 48.5 Å². The lowest BCUT2D eigenvalue weighted by molar-refractivity contribution is 0.0375. The van der Waals surface area contributed by atoms with Gasteiger partial charge in [0.2, 0.25) is 0 Å². The van der Waals surface area contributed by atoms with Crippen LogP contribution in [0.4, 0.5) is 0 Å². The molecule has 2 aliphatic carbocycles. The van der Waals surface area contributed by atoms with Crippen LogP contribution in [0, 0.1) is 0 Å². The van der Waals surface area contributed by atoms with Crippen molar-refractivity contribution >= 4 is 5.78 Å². The molecule has 228 valence electrons. The number of hydrogen-bond acceptors (Lipinski definition) is 5. The van der Waals surface area contributed by atoms with E-state index in [4.69, 9.17) is 9.47 Å². The largest absolute Gasteiger partial charge is 0.489 e. The Morgan fingerprint density at radius 3 is 1.21 bits per heavy atom. The van der Waals surface area contributed by atoms with Gasteiger partial charge in [-0.2, -0.15) is 0 Å². The van der Waals surface area contributed by atoms with Gasteiger partial charge in [0.15, 0.2) is 5.78 Å². The van der Waals surface area contributed by atoms with Crippen LogP contribution in [0.1, 0.15) is 119 Å². The maximum Gasteiger partial charge on any atom is 0.193 e. The van der Waals surface area contributed by atoms with Gasteiger partial charge in [-0.05, 0) is 139 Å². The molecule has 0 spiro atoms. The SMILES string of the molecule is O=C(c1ccc(OC2CCCCC2N2CCCCCC2)cc1)c1ccc(OC2CCCCC2N2CCCCCC2)cc1. The average molecular weight is 573 g/mol. The molecule has 2 heterocycles. The summed E-state index contributed by atoms with van der Waals surface area (Å²) in [7, 11) is 0. The van der Waals surface area contributed by atoms with Crippen molar-refractivity contribution in [2.24, 2.45) is 0 Å². The van der Waals surface area contributed by atoms with E-state index >= 15 is 0 Å². The number of hydrogen-bond donors (Lipinski definition) is 0. The van der Waals surface area contributed by atoms with Crippen molar-refractivity contribution in [3.63, 3.8) is 0 Å². The summed E-state index contributed by atoms with van der Waals surface area (Å²) in [4.78, 5) is 18.7. The molecule has 2 aliphatic heterocycles. The molecule has 6 rings (SSSR count). The quantitative estimate of drug-likeness (QED) is 0.299. The molecule has 0 N–H and O–H groups in total. The first-order valence-electron chi connectivity index (χ1n) is 17.3. The van der Waals surface area contributed by atoms with Crippen molar-refractivity contribution < 1.29 is 14.3 Å². The van der Waals surface area contributed by atoms with Crippen molar-refractivity contribution in [1.82, 2.24) is 9.80 Å². The lowest BCUT2D eigenvalue weighted by Gasteiger charge is -2.39. The number of likely N-dealkylation sites (tertiary alicyclic amines) is 2. The van der Waals surface area contributed by atoms with Gasteiger partial charge in [-0.25, -0.2) is 0 Å². The zero-order valence-electron chi connectivity index (χ0n) is 25.7. The Morgan fingerprint density at radius 2 is 0.833 bits per heavy atom. The molecular weight excluding hydrogens is 520 g/mol. The van der Waals surface area contributed by atoms with E-state index in [-0.39, 0.29) is 18.0 Å². The molecule has 0 radical (unpaired) electrons. The molecule has 4 atom stereocenters. The van der Waals surface area contributed by atoms with Crippen LogP contribution in [0.5, 0.6) is 11.5 Å². The van der Waals surface area contributed by atoms with Gasteiger partial charge < -0.3 is 9.47 Å². The van der Waals surface area contributed by atoms with E-state index in [9.17, 15) is 4.79 Å². The van der Waals surface area contributed by atoms with Crippen molar-refractivity contribution in [1.29, 1.82) is 0 Å². The maximum atomic E-state index is 13.3. The summed E-state index contributed by atoms with van der Waals surface area (Å²) in [5.74, 6) is 1.82. The minimum Gasteiger partial charge on any atom is -0.489 e. The monoisotopic (exact) mass is 572 g/mol. The van der Waals surface area contributed by atoms with E-state index in [0.717, 1.165) is 24.3 Å². The molecule has 42 heavy (non-hydrogen) atoms. The third-order valence-corrected chi connectivity index (χ3v) is 10.4. The van der Waals surface area contributed by atoms with E-state index in [1.54, 1.807) is 0 Å². The molecule has 0 aromatic heterocycles. The number of ether oxygens (including phenoxy) is 2. The lowest BCUT2D eigenvalue weighted by Crippen LogP contribution is -2.48. The first-order chi connectivity index (χ1) is 20.7. The Kier molecular flexibility index (Phi) is 10.5. The zero-order chi connectivity index (χ0) is 28.6. The van der Waals surface area contributed by atoms with Gasteiger partial charge in [-0.15, -0.1) is 0 Å². The Balaban J connectivity index is 1.05. The highest BCUT2D eigenvalue weighted by molar-refractivity contribution is 6.09. The first kappa shape index (κ1) is 29.7. The van der Waals surface area contributed by atoms with Crippen LogP contribution in [0.25, 0.3) is 0 Å². The first-order valence-corrected chi connectivity index (χ1v) is 17.3. The number of nitrogens with zero attached hydrogens (tertiary/aromatic N) is 2. The third-order valence-electron chi connectivity index (χ3n) is 10.4. The molecule has 2 aromatic rings. The topological polar surface area (TPSA) is 42.0 Å². The van der Waals surface area contributed by atoms with Gasteiger partial charge in [0.25, 0.3) is 0 Å². The summed E-state index contributed by atoms with van der Waals surface area (Å²) in [6.07, 6.45) is 21.0. The molecule has 4 unspecified atom stereocenters. The highest BCUT2D eigenvalue weighted by Crippen LogP contribution is 2.31. The van der Waals surface area contributed by atoms with Gasteiger partial charge in [0, 0.05) is 23.2 Å². The fourth-order valence-corrected chi connectivity index (χ4v) is 8.00. The van der Waals surface area contributed by atoms with Crippen LogP contribution in [0.3, 0.4) is 0 Å². The number of rotatable bonds is 8. The van der Waals surface area contributed by atoms with Gasteiger partial charge in [-0.3, -0.25) is 14.6 Å². The molecule has 4 aliphatic rings. The Hall–Kier alpha value is -2.37. The second kappa shape index (κ2) is 14.9. The van der Waals surface area contributed by atoms with Crippen LogP contribution < -0.4 is 9.47 Å². The Bertz CT molecular complexity index is 1010. The summed E-state index contributed by atoms with van der Waals surface area (Å²) < 4.78 is 13.2. The minimum absolute atomic E-state index is 0.0494. The molecule has 4 fully saturated rings. The van der Waals surface area contributed by atoms with E-state index in [1.165, 1.54) is 116 Å². The Labute approximate surface area is 253 Å². The van der Waals surface area contributed by atoms with Crippen molar-refractivity contribution in [3.8, 4) is 11.5 Å². The fourth-order valence-electron chi connectivity index (χ4n) is 8.00. The molecule has 0 bridgehead atoms. The van der Waals surface area contributed by atoms with Gasteiger partial charge in [0.05, 0.1) is 0 Å². The smallest absolute Gasteiger partial charge is 0.193 e.